The minimum absolute atomic E-state index is 0.188. The number of para-hydroxylation sites is 1. The highest BCUT2D eigenvalue weighted by atomic mass is 32.2. The lowest BCUT2D eigenvalue weighted by atomic mass is 10.1. The maximum Gasteiger partial charge on any atom is 0.335 e. The molecule has 3 aromatic rings. The van der Waals surface area contributed by atoms with E-state index in [1.54, 1.807) is 48.2 Å². The molecule has 0 atom stereocenters. The summed E-state index contributed by atoms with van der Waals surface area (Å²) < 4.78 is 18.0. The molecule has 1 aliphatic rings. The van der Waals surface area contributed by atoms with Crippen LogP contribution in [-0.4, -0.2) is 42.1 Å². The van der Waals surface area contributed by atoms with Crippen molar-refractivity contribution in [2.75, 3.05) is 25.1 Å². The van der Waals surface area contributed by atoms with Gasteiger partial charge in [-0.3, -0.25) is 4.79 Å². The third kappa shape index (κ3) is 11.0. The minimum Gasteiger partial charge on any atom is -0.478 e. The molecule has 0 bridgehead atoms. The molecule has 0 radical (unpaired) electrons. The summed E-state index contributed by atoms with van der Waals surface area (Å²) in [5.41, 5.74) is 1.41. The summed E-state index contributed by atoms with van der Waals surface area (Å²) in [7, 11) is 1.85. The first kappa shape index (κ1) is 26.9. The number of rotatable bonds is 5. The Kier molecular flexibility index (Phi) is 12.2. The van der Waals surface area contributed by atoms with Gasteiger partial charge in [0.25, 0.3) is 0 Å². The van der Waals surface area contributed by atoms with Gasteiger partial charge < -0.3 is 20.5 Å². The zero-order valence-corrected chi connectivity index (χ0v) is 19.8. The first-order valence-corrected chi connectivity index (χ1v) is 11.9. The first-order chi connectivity index (χ1) is 16.5. The number of nitrogens with one attached hydrogen (secondary N) is 2. The van der Waals surface area contributed by atoms with Crippen LogP contribution in [0.25, 0.3) is 0 Å². The molecular weight excluding hydrogens is 455 g/mol. The number of carboxylic acid groups (broad SMARTS) is 1. The number of hydrogen-bond donors (Lipinski definition) is 3. The minimum atomic E-state index is -0.883. The molecule has 1 aliphatic heterocycles. The van der Waals surface area contributed by atoms with Gasteiger partial charge in [-0.2, -0.15) is 11.8 Å². The van der Waals surface area contributed by atoms with Gasteiger partial charge in [-0.05, 0) is 73.3 Å². The lowest BCUT2D eigenvalue weighted by Gasteiger charge is -2.04. The van der Waals surface area contributed by atoms with E-state index in [4.69, 9.17) is 9.84 Å². The Morgan fingerprint density at radius 1 is 1.03 bits per heavy atom. The number of benzene rings is 3. The second-order valence-electron chi connectivity index (χ2n) is 7.16. The lowest BCUT2D eigenvalue weighted by molar-refractivity contribution is -0.118. The number of ether oxygens (including phenoxy) is 1. The third-order valence-electron chi connectivity index (χ3n) is 4.40. The number of hydrogen-bond acceptors (Lipinski definition) is 5. The van der Waals surface area contributed by atoms with Crippen molar-refractivity contribution in [1.82, 2.24) is 10.6 Å². The van der Waals surface area contributed by atoms with Crippen molar-refractivity contribution in [3.8, 4) is 11.5 Å². The van der Waals surface area contributed by atoms with Crippen molar-refractivity contribution in [3.63, 3.8) is 0 Å². The van der Waals surface area contributed by atoms with E-state index >= 15 is 0 Å². The standard InChI is InChI=1S/C12H9FO.C9H11NO2.C5H9NOS/c13-10-6-8-12(9-7-10)14-11-4-2-1-3-5-11;1-10-6-7-2-4-8(5-3-7)9(11)12;7-5-4-8-3-1-2-6-5/h1-9H;2-5,10H,6H2,1H3,(H,11,12);1-4H2,(H,6,7). The highest BCUT2D eigenvalue weighted by Crippen LogP contribution is 2.20. The fraction of sp³-hybridized carbons (Fsp3) is 0.231. The zero-order chi connectivity index (χ0) is 24.6. The van der Waals surface area contributed by atoms with Gasteiger partial charge in [0.15, 0.2) is 0 Å². The summed E-state index contributed by atoms with van der Waals surface area (Å²) in [5.74, 6) is 2.21. The van der Waals surface area contributed by atoms with Gasteiger partial charge in [-0.25, -0.2) is 9.18 Å². The number of halogens is 1. The predicted molar refractivity (Wildman–Crippen MR) is 134 cm³/mol. The Hall–Kier alpha value is -3.36. The second-order valence-corrected chi connectivity index (χ2v) is 8.26. The molecule has 0 spiro atoms. The molecule has 1 fully saturated rings. The molecule has 0 saturated carbocycles. The predicted octanol–water partition coefficient (Wildman–Crippen LogP) is 4.96. The van der Waals surface area contributed by atoms with Crippen LogP contribution < -0.4 is 15.4 Å². The van der Waals surface area contributed by atoms with E-state index in [-0.39, 0.29) is 11.7 Å². The van der Waals surface area contributed by atoms with Crippen LogP contribution in [0.4, 0.5) is 4.39 Å². The van der Waals surface area contributed by atoms with E-state index in [1.807, 2.05) is 37.4 Å². The molecule has 1 heterocycles. The fourth-order valence-electron chi connectivity index (χ4n) is 2.71. The lowest BCUT2D eigenvalue weighted by Crippen LogP contribution is -2.23. The summed E-state index contributed by atoms with van der Waals surface area (Å²) in [5, 5.41) is 14.4. The van der Waals surface area contributed by atoms with Gasteiger partial charge >= 0.3 is 5.97 Å². The molecule has 0 unspecified atom stereocenters. The van der Waals surface area contributed by atoms with Crippen LogP contribution in [0, 0.1) is 5.82 Å². The molecule has 6 nitrogen and oxygen atoms in total. The van der Waals surface area contributed by atoms with Crippen LogP contribution in [0.1, 0.15) is 22.3 Å². The molecule has 4 rings (SSSR count). The van der Waals surface area contributed by atoms with Gasteiger partial charge in [-0.1, -0.05) is 30.3 Å². The van der Waals surface area contributed by atoms with Crippen molar-refractivity contribution in [3.05, 3.63) is 95.8 Å². The number of amides is 1. The quantitative estimate of drug-likeness (QED) is 0.474. The van der Waals surface area contributed by atoms with E-state index in [9.17, 15) is 14.0 Å². The van der Waals surface area contributed by atoms with Gasteiger partial charge in [0.05, 0.1) is 11.3 Å². The van der Waals surface area contributed by atoms with Crippen LogP contribution in [0.15, 0.2) is 78.9 Å². The molecule has 3 N–H and O–H groups in total. The van der Waals surface area contributed by atoms with Gasteiger partial charge in [0.2, 0.25) is 5.91 Å². The highest BCUT2D eigenvalue weighted by Gasteiger charge is 2.04. The smallest absolute Gasteiger partial charge is 0.335 e. The normalized spacial score (nSPS) is 12.6. The maximum absolute atomic E-state index is 12.6. The zero-order valence-electron chi connectivity index (χ0n) is 19.0. The van der Waals surface area contributed by atoms with Gasteiger partial charge in [0, 0.05) is 13.1 Å². The Labute approximate surface area is 203 Å². The van der Waals surface area contributed by atoms with E-state index in [0.29, 0.717) is 17.1 Å². The molecule has 34 heavy (non-hydrogen) atoms. The van der Waals surface area contributed by atoms with Crippen molar-refractivity contribution < 1.29 is 23.8 Å². The van der Waals surface area contributed by atoms with Crippen LogP contribution in [0.2, 0.25) is 0 Å². The average molecular weight is 485 g/mol. The van der Waals surface area contributed by atoms with Crippen LogP contribution >= 0.6 is 11.8 Å². The summed E-state index contributed by atoms with van der Waals surface area (Å²) in [6.45, 7) is 1.63. The molecule has 8 heteroatoms. The monoisotopic (exact) mass is 484 g/mol. The van der Waals surface area contributed by atoms with Crippen molar-refractivity contribution in [2.24, 2.45) is 0 Å². The van der Waals surface area contributed by atoms with Gasteiger partial charge in [-0.15, -0.1) is 0 Å². The number of thioether (sulfide) groups is 1. The topological polar surface area (TPSA) is 87.7 Å². The molecule has 1 saturated heterocycles. The number of carbonyl (C=O) groups is 2. The highest BCUT2D eigenvalue weighted by molar-refractivity contribution is 7.99. The second kappa shape index (κ2) is 15.5. The molecule has 0 aliphatic carbocycles. The average Bonchev–Trinajstić information content (AvgIpc) is 3.10. The summed E-state index contributed by atoms with van der Waals surface area (Å²) in [4.78, 5) is 21.0. The largest absolute Gasteiger partial charge is 0.478 e. The third-order valence-corrected chi connectivity index (χ3v) is 5.44. The van der Waals surface area contributed by atoms with Crippen LogP contribution in [-0.2, 0) is 11.3 Å². The molecule has 3 aromatic carbocycles. The fourth-order valence-corrected chi connectivity index (χ4v) is 3.49. The van der Waals surface area contributed by atoms with Crippen LogP contribution in [0.3, 0.4) is 0 Å². The number of carboxylic acids is 1. The van der Waals surface area contributed by atoms with Gasteiger partial charge in [0.1, 0.15) is 17.3 Å². The molecule has 180 valence electrons. The molecule has 1 amide bonds. The van der Waals surface area contributed by atoms with Crippen molar-refractivity contribution in [1.29, 1.82) is 0 Å². The molecule has 0 aromatic heterocycles. The Morgan fingerprint density at radius 2 is 1.68 bits per heavy atom. The Morgan fingerprint density at radius 3 is 2.29 bits per heavy atom. The SMILES string of the molecule is CNCc1ccc(C(=O)O)cc1.Fc1ccc(Oc2ccccc2)cc1.O=C1CSCCCN1. The molecular formula is C26H29FN2O4S. The first-order valence-electron chi connectivity index (χ1n) is 10.8. The van der Waals surface area contributed by atoms with E-state index in [2.05, 4.69) is 10.6 Å². The Balaban J connectivity index is 0.000000187. The summed E-state index contributed by atoms with van der Waals surface area (Å²) in [6.07, 6.45) is 1.12. The van der Waals surface area contributed by atoms with E-state index in [0.717, 1.165) is 36.6 Å². The Bertz CT molecular complexity index is 990. The summed E-state index contributed by atoms with van der Waals surface area (Å²) in [6, 6.07) is 22.2. The van der Waals surface area contributed by atoms with Crippen LogP contribution in [0.5, 0.6) is 11.5 Å². The van der Waals surface area contributed by atoms with E-state index in [1.165, 1.54) is 12.1 Å². The van der Waals surface area contributed by atoms with Crippen molar-refractivity contribution in [2.45, 2.75) is 13.0 Å². The number of aromatic carboxylic acids is 1. The van der Waals surface area contributed by atoms with E-state index < -0.39 is 5.97 Å². The van der Waals surface area contributed by atoms with Crippen molar-refractivity contribution >= 4 is 23.6 Å². The maximum atomic E-state index is 12.6. The summed E-state index contributed by atoms with van der Waals surface area (Å²) >= 11 is 1.71. The number of carbonyl (C=O) groups excluding carboxylic acids is 1.